The van der Waals surface area contributed by atoms with Crippen molar-refractivity contribution >= 4 is 35.5 Å². The van der Waals surface area contributed by atoms with E-state index >= 15 is 0 Å². The summed E-state index contributed by atoms with van der Waals surface area (Å²) in [5.41, 5.74) is 6.32. The van der Waals surface area contributed by atoms with Gasteiger partial charge in [-0.25, -0.2) is 9.37 Å². The first kappa shape index (κ1) is 20.5. The van der Waals surface area contributed by atoms with Crippen LogP contribution in [-0.4, -0.2) is 59.9 Å². The third-order valence-electron chi connectivity index (χ3n) is 4.74. The summed E-state index contributed by atoms with van der Waals surface area (Å²) in [5.74, 6) is 1.23. The van der Waals surface area contributed by atoms with Crippen LogP contribution in [0.2, 0.25) is 0 Å². The number of aromatic nitrogens is 2. The van der Waals surface area contributed by atoms with Gasteiger partial charge in [0.2, 0.25) is 4.77 Å². The van der Waals surface area contributed by atoms with Gasteiger partial charge in [-0.05, 0) is 24.4 Å². The van der Waals surface area contributed by atoms with E-state index in [-0.39, 0.29) is 11.4 Å². The van der Waals surface area contributed by atoms with Crippen molar-refractivity contribution in [2.24, 2.45) is 5.73 Å². The number of fused-ring (bicyclic) bond motifs is 2. The van der Waals surface area contributed by atoms with Gasteiger partial charge in [0.15, 0.2) is 12.4 Å². The van der Waals surface area contributed by atoms with Crippen molar-refractivity contribution in [3.8, 4) is 5.75 Å². The molecule has 29 heavy (non-hydrogen) atoms. The van der Waals surface area contributed by atoms with Crippen LogP contribution in [0.4, 0.5) is 15.9 Å². The highest BCUT2D eigenvalue weighted by Crippen LogP contribution is 2.47. The summed E-state index contributed by atoms with van der Waals surface area (Å²) in [6, 6.07) is 5.69. The summed E-state index contributed by atoms with van der Waals surface area (Å²) in [5, 5.41) is 12.7. The average Bonchev–Trinajstić information content (AvgIpc) is 3.05. The Morgan fingerprint density at radius 3 is 2.97 bits per heavy atom. The molecule has 2 aromatic rings. The van der Waals surface area contributed by atoms with Crippen molar-refractivity contribution in [1.29, 1.82) is 0 Å². The van der Waals surface area contributed by atoms with E-state index in [1.807, 2.05) is 18.2 Å². The number of alkyl halides is 1. The zero-order valence-corrected chi connectivity index (χ0v) is 17.2. The molecule has 3 heterocycles. The molecule has 156 valence electrons. The molecule has 0 aliphatic carbocycles. The molecular formula is C18H21FN4O4S2. The monoisotopic (exact) mass is 440 g/mol. The number of aliphatic hydroxyl groups excluding tert-OH is 1. The van der Waals surface area contributed by atoms with Gasteiger partial charge in [-0.3, -0.25) is 4.57 Å². The van der Waals surface area contributed by atoms with Crippen LogP contribution in [0.5, 0.6) is 5.75 Å². The molecular weight excluding hydrogens is 419 g/mol. The van der Waals surface area contributed by atoms with Gasteiger partial charge in [0.05, 0.1) is 17.2 Å². The second-order valence-electron chi connectivity index (χ2n) is 6.53. The summed E-state index contributed by atoms with van der Waals surface area (Å²) in [4.78, 5) is 6.13. The van der Waals surface area contributed by atoms with E-state index in [9.17, 15) is 9.50 Å². The Bertz CT molecular complexity index is 960. The number of nitrogens with two attached hydrogens (primary N) is 1. The number of ether oxygens (including phenoxy) is 3. The molecule has 8 nitrogen and oxygen atoms in total. The summed E-state index contributed by atoms with van der Waals surface area (Å²) >= 11 is 6.85. The van der Waals surface area contributed by atoms with E-state index in [4.69, 9.17) is 32.2 Å². The number of methoxy groups -OCH3 is 1. The van der Waals surface area contributed by atoms with Crippen molar-refractivity contribution in [1.82, 2.24) is 9.55 Å². The maximum atomic E-state index is 14.9. The topological polar surface area (TPSA) is 104 Å². The van der Waals surface area contributed by atoms with Crippen molar-refractivity contribution < 1.29 is 23.7 Å². The van der Waals surface area contributed by atoms with Gasteiger partial charge in [-0.15, -0.1) is 0 Å². The van der Waals surface area contributed by atoms with E-state index in [1.54, 1.807) is 6.20 Å². The second kappa shape index (κ2) is 8.54. The maximum Gasteiger partial charge on any atom is 0.203 e. The Hall–Kier alpha value is -1.76. The zero-order valence-electron chi connectivity index (χ0n) is 15.6. The third-order valence-corrected chi connectivity index (χ3v) is 6.12. The first-order chi connectivity index (χ1) is 14.1. The highest BCUT2D eigenvalue weighted by molar-refractivity contribution is 7.99. The largest absolute Gasteiger partial charge is 0.490 e. The van der Waals surface area contributed by atoms with Gasteiger partial charge in [-0.2, -0.15) is 0 Å². The lowest BCUT2D eigenvalue weighted by Gasteiger charge is -2.25. The van der Waals surface area contributed by atoms with Gasteiger partial charge in [0.1, 0.15) is 30.4 Å². The minimum Gasteiger partial charge on any atom is -0.490 e. The fourth-order valence-corrected chi connectivity index (χ4v) is 4.63. The van der Waals surface area contributed by atoms with Crippen LogP contribution >= 0.6 is 24.0 Å². The van der Waals surface area contributed by atoms with Crippen molar-refractivity contribution in [3.63, 3.8) is 0 Å². The Morgan fingerprint density at radius 2 is 2.28 bits per heavy atom. The first-order valence-corrected chi connectivity index (χ1v) is 10.3. The number of halogens is 1. The first-order valence-electron chi connectivity index (χ1n) is 9.04. The van der Waals surface area contributed by atoms with Crippen LogP contribution in [0.3, 0.4) is 0 Å². The minimum atomic E-state index is -1.49. The van der Waals surface area contributed by atoms with Crippen LogP contribution < -0.4 is 15.8 Å². The smallest absolute Gasteiger partial charge is 0.203 e. The Labute approximate surface area is 176 Å². The minimum absolute atomic E-state index is 0.154. The van der Waals surface area contributed by atoms with Gasteiger partial charge in [0, 0.05) is 24.7 Å². The van der Waals surface area contributed by atoms with E-state index < -0.39 is 24.6 Å². The lowest BCUT2D eigenvalue weighted by molar-refractivity contribution is -0.0540. The second-order valence-corrected chi connectivity index (χ2v) is 7.98. The van der Waals surface area contributed by atoms with Crippen LogP contribution in [0.1, 0.15) is 6.23 Å². The molecule has 4 atom stereocenters. The molecule has 1 fully saturated rings. The van der Waals surface area contributed by atoms with E-state index in [1.165, 1.54) is 23.4 Å². The Balaban J connectivity index is 1.66. The van der Waals surface area contributed by atoms with E-state index in [0.717, 1.165) is 15.5 Å². The predicted octanol–water partition coefficient (Wildman–Crippen LogP) is 2.40. The van der Waals surface area contributed by atoms with E-state index in [0.29, 0.717) is 24.7 Å². The zero-order chi connectivity index (χ0) is 20.5. The molecule has 11 heteroatoms. The van der Waals surface area contributed by atoms with Crippen LogP contribution in [0.15, 0.2) is 34.2 Å². The van der Waals surface area contributed by atoms with Gasteiger partial charge < -0.3 is 30.4 Å². The summed E-state index contributed by atoms with van der Waals surface area (Å²) in [6.45, 7) is 0.454. The fraction of sp³-hybridized carbons (Fsp3) is 0.444. The Morgan fingerprint density at radius 1 is 1.45 bits per heavy atom. The lowest BCUT2D eigenvalue weighted by Crippen LogP contribution is -2.32. The number of rotatable bonds is 6. The molecule has 0 spiro atoms. The van der Waals surface area contributed by atoms with Crippen LogP contribution in [0, 0.1) is 4.77 Å². The number of benzene rings is 1. The maximum absolute atomic E-state index is 14.9. The lowest BCUT2D eigenvalue weighted by atomic mass is 10.1. The SMILES string of the molecule is COC1C(F)[C@H](n2cc3c(nc2=S)Nc2c(OCCN)cccc2S3)O[C@@H]1CO. The van der Waals surface area contributed by atoms with E-state index in [2.05, 4.69) is 10.3 Å². The summed E-state index contributed by atoms with van der Waals surface area (Å²) in [6.07, 6.45) is -2.46. The molecule has 2 aliphatic rings. The number of anilines is 2. The number of hydrogen-bond acceptors (Lipinski definition) is 9. The standard InChI is InChI=1S/C18H21FN4O4S2/c1-25-15-10(8-24)27-17(13(15)19)23-7-12-16(22-18(23)28)21-14-9(26-6-5-20)3-2-4-11(14)29-12/h2-4,7,10,13,15,17,24H,5-6,8,20H2,1H3,(H,21,22,28)/t10-,13?,15?,17-/m1/s1. The predicted molar refractivity (Wildman–Crippen MR) is 108 cm³/mol. The number of nitrogens with zero attached hydrogens (tertiary/aromatic N) is 2. The molecule has 2 aliphatic heterocycles. The van der Waals surface area contributed by atoms with Crippen molar-refractivity contribution in [3.05, 3.63) is 29.2 Å². The quantitative estimate of drug-likeness (QED) is 0.499. The Kier molecular flexibility index (Phi) is 6.04. The number of nitrogens with one attached hydrogen (secondary N) is 1. The molecule has 0 amide bonds. The van der Waals surface area contributed by atoms with Gasteiger partial charge in [-0.1, -0.05) is 17.8 Å². The van der Waals surface area contributed by atoms with Crippen LogP contribution in [-0.2, 0) is 9.47 Å². The highest BCUT2D eigenvalue weighted by atomic mass is 32.2. The molecule has 4 rings (SSSR count). The van der Waals surface area contributed by atoms with Crippen molar-refractivity contribution in [2.75, 3.05) is 32.2 Å². The summed E-state index contributed by atoms with van der Waals surface area (Å²) in [7, 11) is 1.39. The number of para-hydroxylation sites is 1. The number of hydrogen-bond donors (Lipinski definition) is 3. The molecule has 0 radical (unpaired) electrons. The number of aliphatic hydroxyl groups is 1. The molecule has 2 unspecified atom stereocenters. The third kappa shape index (κ3) is 3.74. The molecule has 0 bridgehead atoms. The van der Waals surface area contributed by atoms with Gasteiger partial charge in [0.25, 0.3) is 0 Å². The highest BCUT2D eigenvalue weighted by Gasteiger charge is 2.46. The molecule has 1 saturated heterocycles. The molecule has 1 aromatic carbocycles. The normalized spacial score (nSPS) is 25.2. The van der Waals surface area contributed by atoms with Crippen molar-refractivity contribution in [2.45, 2.75) is 34.4 Å². The molecule has 0 saturated carbocycles. The average molecular weight is 441 g/mol. The molecule has 4 N–H and O–H groups in total. The van der Waals surface area contributed by atoms with Gasteiger partial charge >= 0.3 is 0 Å². The summed E-state index contributed by atoms with van der Waals surface area (Å²) < 4.78 is 33.0. The van der Waals surface area contributed by atoms with Crippen LogP contribution in [0.25, 0.3) is 0 Å². The molecule has 1 aromatic heterocycles. The fourth-order valence-electron chi connectivity index (χ4n) is 3.39.